The molecule has 0 fully saturated rings. The van der Waals surface area contributed by atoms with Gasteiger partial charge in [-0.3, -0.25) is 4.40 Å². The summed E-state index contributed by atoms with van der Waals surface area (Å²) >= 11 is 0. The molecule has 1 unspecified atom stereocenters. The maximum atomic E-state index is 15.3. The Labute approximate surface area is 318 Å². The lowest BCUT2D eigenvalue weighted by molar-refractivity contribution is 0.592. The van der Waals surface area contributed by atoms with Gasteiger partial charge in [0.25, 0.3) is 0 Å². The average molecular weight is 721 g/mol. The normalized spacial score (nSPS) is 12.9. The quantitative estimate of drug-likeness (QED) is 0.101. The maximum absolute atomic E-state index is 15.3. The SMILES string of the molecule is O=P(c1ccccc1)(c1ccc(-c2ccc(-c3ccc4c5cc6ccccc6cc5c5nc6ccccc6n5c4c3)cc2)cc1)c1ccc2ccccc2c1. The van der Waals surface area contributed by atoms with Crippen LogP contribution in [0.2, 0.25) is 0 Å². The molecule has 2 aromatic heterocycles. The Bertz CT molecular complexity index is 3330. The van der Waals surface area contributed by atoms with Crippen LogP contribution in [0.25, 0.3) is 82.2 Å². The van der Waals surface area contributed by atoms with Crippen molar-refractivity contribution < 1.29 is 4.57 Å². The molecule has 0 spiro atoms. The molecule has 0 saturated carbocycles. The van der Waals surface area contributed by atoms with E-state index in [1.165, 1.54) is 21.5 Å². The number of fused-ring (bicyclic) bond motifs is 10. The predicted molar refractivity (Wildman–Crippen MR) is 233 cm³/mol. The first-order chi connectivity index (χ1) is 27.1. The van der Waals surface area contributed by atoms with Gasteiger partial charge in [-0.05, 0) is 85.6 Å². The largest absolute Gasteiger partial charge is 0.309 e. The maximum Gasteiger partial charge on any atom is 0.171 e. The summed E-state index contributed by atoms with van der Waals surface area (Å²) in [7, 11) is -3.12. The topological polar surface area (TPSA) is 34.4 Å². The molecule has 4 heteroatoms. The van der Waals surface area contributed by atoms with Crippen LogP contribution < -0.4 is 15.9 Å². The average Bonchev–Trinajstić information content (AvgIpc) is 3.66. The lowest BCUT2D eigenvalue weighted by atomic mass is 9.97. The van der Waals surface area contributed by atoms with Gasteiger partial charge < -0.3 is 4.57 Å². The van der Waals surface area contributed by atoms with E-state index in [2.05, 4.69) is 144 Å². The highest BCUT2D eigenvalue weighted by Gasteiger charge is 2.30. The third kappa shape index (κ3) is 5.05. The summed E-state index contributed by atoms with van der Waals surface area (Å²) in [5.74, 6) is 0. The van der Waals surface area contributed by atoms with E-state index in [1.54, 1.807) is 0 Å². The summed E-state index contributed by atoms with van der Waals surface area (Å²) in [6.07, 6.45) is 0. The Morgan fingerprint density at radius 2 is 0.891 bits per heavy atom. The Hall–Kier alpha value is -6.80. The molecular weight excluding hydrogens is 688 g/mol. The van der Waals surface area contributed by atoms with E-state index < -0.39 is 7.14 Å². The fraction of sp³-hybridized carbons (Fsp3) is 0. The van der Waals surface area contributed by atoms with E-state index in [4.69, 9.17) is 4.98 Å². The Balaban J connectivity index is 0.986. The fourth-order valence-electron chi connectivity index (χ4n) is 8.40. The van der Waals surface area contributed by atoms with Gasteiger partial charge in [-0.25, -0.2) is 4.98 Å². The third-order valence-electron chi connectivity index (χ3n) is 11.2. The van der Waals surface area contributed by atoms with E-state index in [0.717, 1.165) is 76.5 Å². The Kier molecular flexibility index (Phi) is 7.14. The molecule has 0 aliphatic rings. The van der Waals surface area contributed by atoms with E-state index >= 15 is 4.57 Å². The van der Waals surface area contributed by atoms with Gasteiger partial charge in [0.05, 0.1) is 16.6 Å². The summed E-state index contributed by atoms with van der Waals surface area (Å²) < 4.78 is 17.6. The summed E-state index contributed by atoms with van der Waals surface area (Å²) in [5, 5.41) is 10.7. The molecule has 0 amide bonds. The number of para-hydroxylation sites is 2. The second kappa shape index (κ2) is 12.4. The molecule has 1 atom stereocenters. The highest BCUT2D eigenvalue weighted by Crippen LogP contribution is 2.43. The molecule has 258 valence electrons. The molecule has 0 radical (unpaired) electrons. The van der Waals surface area contributed by atoms with Gasteiger partial charge in [-0.1, -0.05) is 164 Å². The molecule has 55 heavy (non-hydrogen) atoms. The van der Waals surface area contributed by atoms with Gasteiger partial charge in [0.1, 0.15) is 5.65 Å². The van der Waals surface area contributed by atoms with Crippen LogP contribution in [0.5, 0.6) is 0 Å². The van der Waals surface area contributed by atoms with Crippen LogP contribution >= 0.6 is 7.14 Å². The minimum Gasteiger partial charge on any atom is -0.309 e. The predicted octanol–water partition coefficient (Wildman–Crippen LogP) is 12.1. The summed E-state index contributed by atoms with van der Waals surface area (Å²) in [6, 6.07) is 69.8. The second-order valence-electron chi connectivity index (χ2n) is 14.3. The van der Waals surface area contributed by atoms with Gasteiger partial charge in [0.2, 0.25) is 0 Å². The van der Waals surface area contributed by atoms with Gasteiger partial charge in [0.15, 0.2) is 7.14 Å². The van der Waals surface area contributed by atoms with Gasteiger partial charge >= 0.3 is 0 Å². The van der Waals surface area contributed by atoms with Crippen molar-refractivity contribution in [3.8, 4) is 22.3 Å². The third-order valence-corrected chi connectivity index (χ3v) is 14.3. The summed E-state index contributed by atoms with van der Waals surface area (Å²) in [5.41, 5.74) is 8.68. The number of rotatable bonds is 5. The van der Waals surface area contributed by atoms with E-state index in [-0.39, 0.29) is 0 Å². The number of hydrogen-bond acceptors (Lipinski definition) is 2. The molecule has 2 heterocycles. The smallest absolute Gasteiger partial charge is 0.171 e. The number of benzene rings is 9. The molecule has 11 rings (SSSR count). The highest BCUT2D eigenvalue weighted by atomic mass is 31.2. The van der Waals surface area contributed by atoms with Crippen molar-refractivity contribution >= 4 is 83.0 Å². The number of pyridine rings is 1. The summed E-state index contributed by atoms with van der Waals surface area (Å²) in [6.45, 7) is 0. The first-order valence-electron chi connectivity index (χ1n) is 18.6. The number of aromatic nitrogens is 2. The number of imidazole rings is 1. The molecule has 0 saturated heterocycles. The summed E-state index contributed by atoms with van der Waals surface area (Å²) in [4.78, 5) is 5.16. The zero-order chi connectivity index (χ0) is 36.5. The zero-order valence-electron chi connectivity index (χ0n) is 29.8. The minimum atomic E-state index is -3.12. The van der Waals surface area contributed by atoms with Crippen molar-refractivity contribution in [2.45, 2.75) is 0 Å². The van der Waals surface area contributed by atoms with Crippen LogP contribution in [0.3, 0.4) is 0 Å². The molecule has 9 aromatic carbocycles. The van der Waals surface area contributed by atoms with Crippen molar-refractivity contribution in [1.29, 1.82) is 0 Å². The van der Waals surface area contributed by atoms with Crippen LogP contribution in [0.15, 0.2) is 200 Å². The van der Waals surface area contributed by atoms with Crippen LogP contribution in [0.1, 0.15) is 0 Å². The first kappa shape index (κ1) is 31.7. The fourth-order valence-corrected chi connectivity index (χ4v) is 11.1. The van der Waals surface area contributed by atoms with Crippen molar-refractivity contribution in [2.75, 3.05) is 0 Å². The van der Waals surface area contributed by atoms with Crippen molar-refractivity contribution in [1.82, 2.24) is 9.38 Å². The lowest BCUT2D eigenvalue weighted by Crippen LogP contribution is -2.25. The van der Waals surface area contributed by atoms with Crippen LogP contribution in [-0.4, -0.2) is 9.38 Å². The molecule has 3 nitrogen and oxygen atoms in total. The molecule has 0 bridgehead atoms. The van der Waals surface area contributed by atoms with Gasteiger partial charge in [-0.15, -0.1) is 0 Å². The minimum absolute atomic E-state index is 0.823. The van der Waals surface area contributed by atoms with Crippen LogP contribution in [0.4, 0.5) is 0 Å². The molecule has 0 aliphatic carbocycles. The van der Waals surface area contributed by atoms with Gasteiger partial charge in [0, 0.05) is 26.7 Å². The second-order valence-corrected chi connectivity index (χ2v) is 17.1. The standard InChI is InChI=1S/C51H33N2OP/c54-55(42-14-2-1-3-15-42,44-28-24-34-10-4-5-11-38(34)30-44)43-26-22-36(23-27-43)35-18-20-37(21-19-35)41-25-29-45-46-31-39-12-6-7-13-40(39)32-47(46)51-52-48-16-8-9-17-49(48)53(51)50(45)33-41/h1-33H. The zero-order valence-corrected chi connectivity index (χ0v) is 30.7. The van der Waals surface area contributed by atoms with Crippen molar-refractivity contribution in [3.05, 3.63) is 200 Å². The molecule has 0 N–H and O–H groups in total. The Morgan fingerprint density at radius 1 is 0.364 bits per heavy atom. The van der Waals surface area contributed by atoms with Crippen molar-refractivity contribution in [2.24, 2.45) is 0 Å². The highest BCUT2D eigenvalue weighted by molar-refractivity contribution is 7.85. The number of hydrogen-bond donors (Lipinski definition) is 0. The van der Waals surface area contributed by atoms with Crippen LogP contribution in [-0.2, 0) is 4.57 Å². The van der Waals surface area contributed by atoms with E-state index in [1.807, 2.05) is 60.7 Å². The molecule has 11 aromatic rings. The monoisotopic (exact) mass is 720 g/mol. The van der Waals surface area contributed by atoms with Crippen LogP contribution in [0, 0.1) is 0 Å². The van der Waals surface area contributed by atoms with E-state index in [9.17, 15) is 0 Å². The molecular formula is C51H33N2OP. The van der Waals surface area contributed by atoms with Crippen molar-refractivity contribution in [3.63, 3.8) is 0 Å². The lowest BCUT2D eigenvalue weighted by Gasteiger charge is -2.21. The van der Waals surface area contributed by atoms with E-state index in [0.29, 0.717) is 0 Å². The molecule has 0 aliphatic heterocycles. The number of nitrogens with zero attached hydrogens (tertiary/aromatic N) is 2. The Morgan fingerprint density at radius 3 is 1.62 bits per heavy atom. The van der Waals surface area contributed by atoms with Gasteiger partial charge in [-0.2, -0.15) is 0 Å². The first-order valence-corrected chi connectivity index (χ1v) is 20.3.